The summed E-state index contributed by atoms with van der Waals surface area (Å²) in [5.41, 5.74) is 0.736. The van der Waals surface area contributed by atoms with Crippen molar-refractivity contribution in [3.63, 3.8) is 0 Å². The van der Waals surface area contributed by atoms with Crippen LogP contribution in [0.25, 0.3) is 0 Å². The van der Waals surface area contributed by atoms with Gasteiger partial charge in [-0.05, 0) is 25.1 Å². The fraction of sp³-hybridized carbons (Fsp3) is 0.0909. The molecule has 1 aromatic heterocycles. The van der Waals surface area contributed by atoms with Crippen molar-refractivity contribution in [3.05, 3.63) is 48.3 Å². The van der Waals surface area contributed by atoms with E-state index in [4.69, 9.17) is 0 Å². The Hall–Kier alpha value is -1.55. The van der Waals surface area contributed by atoms with Crippen molar-refractivity contribution in [2.45, 2.75) is 11.8 Å². The summed E-state index contributed by atoms with van der Waals surface area (Å²) in [6.07, 6.45) is 3.61. The largest absolute Gasteiger partial charge is 0.295 e. The Labute approximate surface area is 92.2 Å². The summed E-state index contributed by atoms with van der Waals surface area (Å²) < 4.78 is 1.77. The minimum atomic E-state index is 0.0886. The van der Waals surface area contributed by atoms with E-state index in [-0.39, 0.29) is 5.78 Å². The van der Waals surface area contributed by atoms with Crippen LogP contribution in [0.3, 0.4) is 0 Å². The van der Waals surface area contributed by atoms with Crippen molar-refractivity contribution in [2.24, 2.45) is 0 Å². The van der Waals surface area contributed by atoms with E-state index < -0.39 is 0 Å². The van der Waals surface area contributed by atoms with Gasteiger partial charge >= 0.3 is 0 Å². The average molecular weight is 218 g/mol. The van der Waals surface area contributed by atoms with Crippen LogP contribution in [-0.4, -0.2) is 15.0 Å². The van der Waals surface area contributed by atoms with Gasteiger partial charge in [-0.25, -0.2) is 4.09 Å². The molecule has 1 aromatic carbocycles. The normalized spacial score (nSPS) is 10.2. The zero-order chi connectivity index (χ0) is 10.7. The van der Waals surface area contributed by atoms with Crippen LogP contribution in [0.2, 0.25) is 0 Å². The lowest BCUT2D eigenvalue weighted by atomic mass is 10.2. The van der Waals surface area contributed by atoms with Gasteiger partial charge in [-0.15, -0.1) is 0 Å². The summed E-state index contributed by atoms with van der Waals surface area (Å²) in [6.45, 7) is 1.57. The molecule has 0 aliphatic heterocycles. The number of rotatable bonds is 3. The molecule has 2 rings (SSSR count). The predicted molar refractivity (Wildman–Crippen MR) is 59.9 cm³/mol. The lowest BCUT2D eigenvalue weighted by Crippen LogP contribution is -1.91. The molecule has 15 heavy (non-hydrogen) atoms. The summed E-state index contributed by atoms with van der Waals surface area (Å²) in [5.74, 6) is 0.0886. The number of carbonyl (C=O) groups excluding carboxylic acids is 1. The van der Waals surface area contributed by atoms with Crippen molar-refractivity contribution in [1.29, 1.82) is 0 Å². The Balaban J connectivity index is 2.14. The number of nitrogens with zero attached hydrogens (tertiary/aromatic N) is 2. The quantitative estimate of drug-likeness (QED) is 0.743. The van der Waals surface area contributed by atoms with Crippen LogP contribution in [0.1, 0.15) is 17.3 Å². The van der Waals surface area contributed by atoms with Crippen LogP contribution in [0.4, 0.5) is 0 Å². The molecular weight excluding hydrogens is 208 g/mol. The van der Waals surface area contributed by atoms with Crippen molar-refractivity contribution in [2.75, 3.05) is 0 Å². The smallest absolute Gasteiger partial charge is 0.159 e. The molecule has 3 nitrogen and oxygen atoms in total. The molecular formula is C11H10N2OS. The molecule has 0 aliphatic rings. The van der Waals surface area contributed by atoms with Gasteiger partial charge in [-0.3, -0.25) is 4.79 Å². The Morgan fingerprint density at radius 3 is 2.60 bits per heavy atom. The second-order valence-electron chi connectivity index (χ2n) is 3.08. The van der Waals surface area contributed by atoms with Gasteiger partial charge in [0.1, 0.15) is 0 Å². The van der Waals surface area contributed by atoms with Gasteiger partial charge in [0.15, 0.2) is 5.78 Å². The van der Waals surface area contributed by atoms with Crippen LogP contribution in [0.15, 0.2) is 47.6 Å². The first kappa shape index (κ1) is 9.98. The van der Waals surface area contributed by atoms with E-state index in [9.17, 15) is 4.79 Å². The highest BCUT2D eigenvalue weighted by molar-refractivity contribution is 7.97. The number of carbonyl (C=O) groups is 1. The standard InChI is InChI=1S/C11H10N2OS/c1-9(14)10-3-5-11(6-4-10)15-13-8-2-7-12-13/h2-8H,1H3. The van der Waals surface area contributed by atoms with Gasteiger partial charge < -0.3 is 0 Å². The highest BCUT2D eigenvalue weighted by atomic mass is 32.2. The van der Waals surface area contributed by atoms with Gasteiger partial charge in [-0.1, -0.05) is 12.1 Å². The van der Waals surface area contributed by atoms with Crippen LogP contribution in [0, 0.1) is 0 Å². The minimum absolute atomic E-state index is 0.0886. The first-order valence-corrected chi connectivity index (χ1v) is 5.32. The number of hydrogen-bond donors (Lipinski definition) is 0. The summed E-state index contributed by atoms with van der Waals surface area (Å²) in [4.78, 5) is 12.1. The highest BCUT2D eigenvalue weighted by Gasteiger charge is 2.00. The van der Waals surface area contributed by atoms with E-state index in [0.717, 1.165) is 10.5 Å². The number of benzene rings is 1. The monoisotopic (exact) mass is 218 g/mol. The highest BCUT2D eigenvalue weighted by Crippen LogP contribution is 2.19. The molecule has 0 atom stereocenters. The third-order valence-corrected chi connectivity index (χ3v) is 2.83. The molecule has 0 aliphatic carbocycles. The Bertz CT molecular complexity index is 448. The van der Waals surface area contributed by atoms with Gasteiger partial charge in [0, 0.05) is 34.8 Å². The third-order valence-electron chi connectivity index (χ3n) is 1.94. The molecule has 0 N–H and O–H groups in total. The molecule has 0 spiro atoms. The molecule has 1 heterocycles. The molecule has 0 bridgehead atoms. The summed E-state index contributed by atoms with van der Waals surface area (Å²) >= 11 is 1.51. The van der Waals surface area contributed by atoms with Gasteiger partial charge in [-0.2, -0.15) is 5.10 Å². The lowest BCUT2D eigenvalue weighted by molar-refractivity contribution is 0.101. The zero-order valence-corrected chi connectivity index (χ0v) is 9.07. The molecule has 4 heteroatoms. The molecule has 0 unspecified atom stereocenters. The van der Waals surface area contributed by atoms with Gasteiger partial charge in [0.25, 0.3) is 0 Å². The number of Topliss-reactive ketones (excluding diaryl/α,β-unsaturated/α-hetero) is 1. The second-order valence-corrected chi connectivity index (χ2v) is 4.11. The molecule has 0 saturated heterocycles. The SMILES string of the molecule is CC(=O)c1ccc(Sn2cccn2)cc1. The van der Waals surface area contributed by atoms with Crippen LogP contribution >= 0.6 is 11.9 Å². The summed E-state index contributed by atoms with van der Waals surface area (Å²) in [7, 11) is 0. The van der Waals surface area contributed by atoms with E-state index in [1.54, 1.807) is 17.2 Å². The molecule has 76 valence electrons. The van der Waals surface area contributed by atoms with Crippen molar-refractivity contribution < 1.29 is 4.79 Å². The minimum Gasteiger partial charge on any atom is -0.295 e. The van der Waals surface area contributed by atoms with E-state index in [2.05, 4.69) is 5.10 Å². The fourth-order valence-corrected chi connectivity index (χ4v) is 1.87. The fourth-order valence-electron chi connectivity index (χ4n) is 1.17. The maximum Gasteiger partial charge on any atom is 0.159 e. The van der Waals surface area contributed by atoms with Crippen LogP contribution in [-0.2, 0) is 0 Å². The molecule has 2 aromatic rings. The molecule has 0 radical (unpaired) electrons. The van der Waals surface area contributed by atoms with E-state index in [1.807, 2.05) is 36.5 Å². The van der Waals surface area contributed by atoms with E-state index in [0.29, 0.717) is 0 Å². The maximum absolute atomic E-state index is 11.0. The Morgan fingerprint density at radius 2 is 2.07 bits per heavy atom. The maximum atomic E-state index is 11.0. The average Bonchev–Trinajstić information content (AvgIpc) is 2.71. The van der Waals surface area contributed by atoms with Crippen molar-refractivity contribution in [1.82, 2.24) is 9.19 Å². The molecule has 0 fully saturated rings. The lowest BCUT2D eigenvalue weighted by Gasteiger charge is -2.01. The number of aromatic nitrogens is 2. The van der Waals surface area contributed by atoms with Crippen molar-refractivity contribution in [3.8, 4) is 0 Å². The number of ketones is 1. The Morgan fingerprint density at radius 1 is 1.33 bits per heavy atom. The van der Waals surface area contributed by atoms with Gasteiger partial charge in [0.2, 0.25) is 0 Å². The molecule has 0 amide bonds. The molecule has 0 saturated carbocycles. The van der Waals surface area contributed by atoms with Crippen molar-refractivity contribution >= 4 is 17.7 Å². The van der Waals surface area contributed by atoms with Crippen LogP contribution < -0.4 is 0 Å². The topological polar surface area (TPSA) is 34.9 Å². The van der Waals surface area contributed by atoms with Crippen LogP contribution in [0.5, 0.6) is 0 Å². The zero-order valence-electron chi connectivity index (χ0n) is 8.25. The third kappa shape index (κ3) is 2.47. The summed E-state index contributed by atoms with van der Waals surface area (Å²) in [5, 5.41) is 4.08. The summed E-state index contributed by atoms with van der Waals surface area (Å²) in [6, 6.07) is 9.37. The second kappa shape index (κ2) is 4.31. The van der Waals surface area contributed by atoms with Gasteiger partial charge in [0.05, 0.1) is 0 Å². The predicted octanol–water partition coefficient (Wildman–Crippen LogP) is 2.64. The number of hydrogen-bond acceptors (Lipinski definition) is 3. The first-order chi connectivity index (χ1) is 7.25. The van der Waals surface area contributed by atoms with E-state index in [1.165, 1.54) is 11.9 Å². The Kier molecular flexibility index (Phi) is 2.87. The first-order valence-electron chi connectivity index (χ1n) is 4.55. The van der Waals surface area contributed by atoms with E-state index >= 15 is 0 Å².